The lowest BCUT2D eigenvalue weighted by atomic mass is 11.2. The van der Waals surface area contributed by atoms with E-state index in [0.717, 1.165) is 0 Å². The van der Waals surface area contributed by atoms with Gasteiger partial charge in [0.25, 0.3) is 0 Å². The average molecular weight is 133 g/mol. The molecule has 0 radical (unpaired) electrons. The first-order valence-electron chi connectivity index (χ1n) is 1.66. The van der Waals surface area contributed by atoms with Gasteiger partial charge in [-0.05, 0) is 24.0 Å². The van der Waals surface area contributed by atoms with Crippen LogP contribution in [0.3, 0.4) is 0 Å². The topological polar surface area (TPSA) is 50.7 Å². The molecule has 0 aromatic rings. The molecular weight excluding hydrogens is 130 g/mol. The maximum Gasteiger partial charge on any atom is 0.185 e. The molecular formula is C2H3N3S2. The molecule has 7 heavy (non-hydrogen) atoms. The van der Waals surface area contributed by atoms with Crippen molar-refractivity contribution in [2.45, 2.75) is 5.50 Å². The highest BCUT2D eigenvalue weighted by atomic mass is 32.2. The lowest BCUT2D eigenvalue weighted by Crippen LogP contribution is -2.07. The zero-order valence-corrected chi connectivity index (χ0v) is 5.00. The van der Waals surface area contributed by atoms with Crippen LogP contribution in [-0.4, -0.2) is 9.82 Å². The highest BCUT2D eigenvalue weighted by molar-refractivity contribution is 8.23. The van der Waals surface area contributed by atoms with E-state index >= 15 is 0 Å². The smallest absolute Gasteiger partial charge is 0.185 e. The second-order valence-electron chi connectivity index (χ2n) is 0.990. The standard InChI is InChI=1S/C2H3N3S2/c3-1-4-5-2(6)7-1/h1H,3H2. The van der Waals surface area contributed by atoms with E-state index in [1.54, 1.807) is 0 Å². The lowest BCUT2D eigenvalue weighted by Gasteiger charge is -1.86. The van der Waals surface area contributed by atoms with Crippen LogP contribution < -0.4 is 5.73 Å². The Hall–Kier alpha value is -0.000000000000000111. The number of azo groups is 1. The van der Waals surface area contributed by atoms with Gasteiger partial charge in [-0.3, -0.25) is 5.73 Å². The van der Waals surface area contributed by atoms with E-state index in [4.69, 9.17) is 5.73 Å². The maximum atomic E-state index is 5.24. The third-order valence-electron chi connectivity index (χ3n) is 0.475. The normalized spacial score (nSPS) is 29.3. The zero-order valence-electron chi connectivity index (χ0n) is 3.37. The van der Waals surface area contributed by atoms with Crippen LogP contribution in [-0.2, 0) is 0 Å². The van der Waals surface area contributed by atoms with Gasteiger partial charge in [0.05, 0.1) is 0 Å². The average Bonchev–Trinajstić information content (AvgIpc) is 1.87. The summed E-state index contributed by atoms with van der Waals surface area (Å²) in [6.07, 6.45) is 0. The van der Waals surface area contributed by atoms with Crippen molar-refractivity contribution in [3.63, 3.8) is 0 Å². The van der Waals surface area contributed by atoms with Gasteiger partial charge in [0.2, 0.25) is 0 Å². The predicted molar refractivity (Wildman–Crippen MR) is 33.0 cm³/mol. The summed E-state index contributed by atoms with van der Waals surface area (Å²) in [6, 6.07) is 0. The van der Waals surface area contributed by atoms with Crippen LogP contribution in [0.5, 0.6) is 0 Å². The van der Waals surface area contributed by atoms with Crippen molar-refractivity contribution >= 4 is 28.3 Å². The van der Waals surface area contributed by atoms with E-state index in [9.17, 15) is 0 Å². The van der Waals surface area contributed by atoms with Crippen LogP contribution in [0.15, 0.2) is 10.2 Å². The Bertz CT molecular complexity index is 120. The minimum absolute atomic E-state index is 0.243. The summed E-state index contributed by atoms with van der Waals surface area (Å²) in [4.78, 5) is 0. The lowest BCUT2D eigenvalue weighted by molar-refractivity contribution is 0.938. The van der Waals surface area contributed by atoms with Crippen molar-refractivity contribution in [2.24, 2.45) is 16.0 Å². The molecule has 1 aliphatic heterocycles. The van der Waals surface area contributed by atoms with E-state index in [-0.39, 0.29) is 5.50 Å². The molecule has 0 spiro atoms. The second-order valence-corrected chi connectivity index (χ2v) is 2.74. The number of rotatable bonds is 0. The number of nitrogens with two attached hydrogens (primary N) is 1. The van der Waals surface area contributed by atoms with E-state index in [1.165, 1.54) is 11.8 Å². The third kappa shape index (κ3) is 1.19. The summed E-state index contributed by atoms with van der Waals surface area (Å²) in [6.45, 7) is 0. The van der Waals surface area contributed by atoms with Gasteiger partial charge < -0.3 is 0 Å². The van der Waals surface area contributed by atoms with Crippen molar-refractivity contribution in [1.82, 2.24) is 0 Å². The molecule has 5 heteroatoms. The largest absolute Gasteiger partial charge is 0.299 e. The van der Waals surface area contributed by atoms with Crippen LogP contribution in [0.25, 0.3) is 0 Å². The molecule has 0 aromatic carbocycles. The first kappa shape index (κ1) is 5.14. The van der Waals surface area contributed by atoms with Gasteiger partial charge in [-0.15, -0.1) is 5.11 Å². The quantitative estimate of drug-likeness (QED) is 0.495. The molecule has 0 amide bonds. The van der Waals surface area contributed by atoms with Gasteiger partial charge in [0, 0.05) is 0 Å². The summed E-state index contributed by atoms with van der Waals surface area (Å²) < 4.78 is 0.535. The van der Waals surface area contributed by atoms with Crippen LogP contribution in [0.4, 0.5) is 0 Å². The minimum atomic E-state index is -0.243. The summed E-state index contributed by atoms with van der Waals surface area (Å²) in [5.74, 6) is 0. The predicted octanol–water partition coefficient (Wildman–Crippen LogP) is 0.713. The van der Waals surface area contributed by atoms with Gasteiger partial charge in [-0.2, -0.15) is 5.11 Å². The molecule has 0 aromatic heterocycles. The number of hydrogen-bond acceptors (Lipinski definition) is 4. The van der Waals surface area contributed by atoms with Crippen molar-refractivity contribution in [3.8, 4) is 0 Å². The molecule has 0 fully saturated rings. The third-order valence-corrected chi connectivity index (χ3v) is 1.46. The molecule has 1 rings (SSSR count). The van der Waals surface area contributed by atoms with Crippen molar-refractivity contribution in [1.29, 1.82) is 0 Å². The number of hydrogen-bond donors (Lipinski definition) is 1. The molecule has 0 saturated carbocycles. The Morgan fingerprint density at radius 3 is 2.71 bits per heavy atom. The molecule has 0 saturated heterocycles. The highest BCUT2D eigenvalue weighted by Gasteiger charge is 2.10. The highest BCUT2D eigenvalue weighted by Crippen LogP contribution is 2.18. The second kappa shape index (κ2) is 1.85. The summed E-state index contributed by atoms with van der Waals surface area (Å²) >= 11 is 5.91. The summed E-state index contributed by atoms with van der Waals surface area (Å²) in [7, 11) is 0. The number of thioether (sulfide) groups is 1. The van der Waals surface area contributed by atoms with Gasteiger partial charge in [0.1, 0.15) is 0 Å². The van der Waals surface area contributed by atoms with Crippen molar-refractivity contribution in [2.75, 3.05) is 0 Å². The zero-order chi connectivity index (χ0) is 5.28. The Morgan fingerprint density at radius 2 is 2.57 bits per heavy atom. The first-order valence-corrected chi connectivity index (χ1v) is 2.95. The molecule has 1 heterocycles. The van der Waals surface area contributed by atoms with Crippen LogP contribution >= 0.6 is 24.0 Å². The summed E-state index contributed by atoms with van der Waals surface area (Å²) in [5.41, 5.74) is 5.00. The number of nitrogens with zero attached hydrogens (tertiary/aromatic N) is 2. The van der Waals surface area contributed by atoms with Crippen molar-refractivity contribution in [3.05, 3.63) is 0 Å². The molecule has 1 unspecified atom stereocenters. The molecule has 1 atom stereocenters. The fourth-order valence-corrected chi connectivity index (χ4v) is 0.993. The molecule has 1 aliphatic rings. The fourth-order valence-electron chi connectivity index (χ4n) is 0.254. The molecule has 38 valence electrons. The van der Waals surface area contributed by atoms with Crippen LogP contribution in [0, 0.1) is 0 Å². The van der Waals surface area contributed by atoms with Crippen LogP contribution in [0.1, 0.15) is 0 Å². The van der Waals surface area contributed by atoms with Gasteiger partial charge >= 0.3 is 0 Å². The summed E-state index contributed by atoms with van der Waals surface area (Å²) in [5, 5.41) is 7.05. The monoisotopic (exact) mass is 133 g/mol. The fraction of sp³-hybridized carbons (Fsp3) is 0.500. The van der Waals surface area contributed by atoms with E-state index in [2.05, 4.69) is 22.4 Å². The Labute approximate surface area is 50.4 Å². The van der Waals surface area contributed by atoms with Crippen molar-refractivity contribution < 1.29 is 0 Å². The number of thiocarbonyl (C=S) groups is 1. The van der Waals surface area contributed by atoms with Gasteiger partial charge in [-0.25, -0.2) is 0 Å². The molecule has 3 nitrogen and oxygen atoms in total. The van der Waals surface area contributed by atoms with E-state index in [1.807, 2.05) is 0 Å². The molecule has 0 aliphatic carbocycles. The van der Waals surface area contributed by atoms with Gasteiger partial charge in [-0.1, -0.05) is 0 Å². The van der Waals surface area contributed by atoms with E-state index < -0.39 is 0 Å². The Balaban J connectivity index is 2.58. The Kier molecular flexibility index (Phi) is 1.36. The SMILES string of the molecule is NC1N=NC(=S)S1. The maximum absolute atomic E-state index is 5.24. The molecule has 2 N–H and O–H groups in total. The van der Waals surface area contributed by atoms with Gasteiger partial charge in [0.15, 0.2) is 9.82 Å². The van der Waals surface area contributed by atoms with Crippen LogP contribution in [0.2, 0.25) is 0 Å². The van der Waals surface area contributed by atoms with E-state index in [0.29, 0.717) is 4.32 Å². The Morgan fingerprint density at radius 1 is 1.86 bits per heavy atom. The first-order chi connectivity index (χ1) is 3.29. The minimum Gasteiger partial charge on any atom is -0.299 e. The molecule has 0 bridgehead atoms.